The number of benzene rings is 1. The van der Waals surface area contributed by atoms with Gasteiger partial charge in [0.05, 0.1) is 24.1 Å². The standard InChI is InChI=1S/C21H31N3O2/c1-26-21(25)17-15-24(16-9-5-3-2-4-6-10-16)14-13-19(17)23-20-12-8-7-11-18(20)22/h7-8,11-12,16,23H,2-6,9-10,13-15,22H2,1H3. The minimum atomic E-state index is -0.238. The van der Waals surface area contributed by atoms with Crippen molar-refractivity contribution < 1.29 is 9.53 Å². The van der Waals surface area contributed by atoms with Crippen LogP contribution in [0.1, 0.15) is 51.4 Å². The lowest BCUT2D eigenvalue weighted by molar-refractivity contribution is -0.136. The van der Waals surface area contributed by atoms with E-state index in [2.05, 4.69) is 10.2 Å². The summed E-state index contributed by atoms with van der Waals surface area (Å²) < 4.78 is 5.07. The second-order valence-corrected chi connectivity index (χ2v) is 7.38. The Hall–Kier alpha value is -2.01. The van der Waals surface area contributed by atoms with Crippen LogP contribution in [-0.4, -0.2) is 37.1 Å². The van der Waals surface area contributed by atoms with Gasteiger partial charge in [-0.3, -0.25) is 4.90 Å². The molecule has 1 fully saturated rings. The summed E-state index contributed by atoms with van der Waals surface area (Å²) in [6.45, 7) is 1.63. The maximum Gasteiger partial charge on any atom is 0.336 e. The molecule has 0 spiro atoms. The second-order valence-electron chi connectivity index (χ2n) is 7.38. The van der Waals surface area contributed by atoms with Gasteiger partial charge in [0.25, 0.3) is 0 Å². The van der Waals surface area contributed by atoms with Crippen LogP contribution in [0.5, 0.6) is 0 Å². The maximum absolute atomic E-state index is 12.4. The van der Waals surface area contributed by atoms with Gasteiger partial charge >= 0.3 is 5.97 Å². The van der Waals surface area contributed by atoms with Gasteiger partial charge in [0, 0.05) is 31.2 Å². The average Bonchev–Trinajstić information content (AvgIpc) is 2.63. The van der Waals surface area contributed by atoms with E-state index < -0.39 is 0 Å². The number of nitrogens with two attached hydrogens (primary N) is 1. The van der Waals surface area contributed by atoms with Crippen molar-refractivity contribution in [2.75, 3.05) is 31.2 Å². The van der Waals surface area contributed by atoms with E-state index in [9.17, 15) is 4.79 Å². The molecule has 0 atom stereocenters. The number of methoxy groups -OCH3 is 1. The van der Waals surface area contributed by atoms with E-state index in [1.807, 2.05) is 24.3 Å². The SMILES string of the molecule is COC(=O)C1=C(Nc2ccccc2N)CCN(C2CCCCCCC2)C1. The minimum Gasteiger partial charge on any atom is -0.466 e. The number of hydrogen-bond donors (Lipinski definition) is 2. The summed E-state index contributed by atoms with van der Waals surface area (Å²) in [5.74, 6) is -0.238. The summed E-state index contributed by atoms with van der Waals surface area (Å²) in [5, 5.41) is 3.39. The number of carbonyl (C=O) groups excluding carboxylic acids is 1. The number of carbonyl (C=O) groups is 1. The van der Waals surface area contributed by atoms with Crippen LogP contribution in [0, 0.1) is 0 Å². The largest absolute Gasteiger partial charge is 0.466 e. The molecule has 0 amide bonds. The zero-order chi connectivity index (χ0) is 18.4. The van der Waals surface area contributed by atoms with Gasteiger partial charge in [-0.05, 0) is 25.0 Å². The lowest BCUT2D eigenvalue weighted by atomic mass is 9.93. The summed E-state index contributed by atoms with van der Waals surface area (Å²) in [6, 6.07) is 8.25. The molecule has 1 aromatic rings. The van der Waals surface area contributed by atoms with Gasteiger partial charge in [0.1, 0.15) is 0 Å². The smallest absolute Gasteiger partial charge is 0.336 e. The first kappa shape index (κ1) is 18.8. The Bertz CT molecular complexity index is 648. The average molecular weight is 357 g/mol. The van der Waals surface area contributed by atoms with E-state index in [-0.39, 0.29) is 5.97 Å². The molecule has 1 saturated carbocycles. The second kappa shape index (κ2) is 9.08. The summed E-state index contributed by atoms with van der Waals surface area (Å²) in [7, 11) is 1.46. The summed E-state index contributed by atoms with van der Waals surface area (Å²) in [5.41, 5.74) is 9.27. The van der Waals surface area contributed by atoms with Crippen molar-refractivity contribution >= 4 is 17.3 Å². The number of rotatable bonds is 4. The van der Waals surface area contributed by atoms with Gasteiger partial charge in [0.2, 0.25) is 0 Å². The van der Waals surface area contributed by atoms with Crippen LogP contribution in [0.15, 0.2) is 35.5 Å². The molecule has 1 aliphatic heterocycles. The van der Waals surface area contributed by atoms with E-state index >= 15 is 0 Å². The molecular weight excluding hydrogens is 326 g/mol. The predicted octanol–water partition coefficient (Wildman–Crippen LogP) is 3.93. The van der Waals surface area contributed by atoms with E-state index in [0.717, 1.165) is 29.9 Å². The maximum atomic E-state index is 12.4. The number of para-hydroxylation sites is 2. The first-order valence-electron chi connectivity index (χ1n) is 9.85. The fraction of sp³-hybridized carbons (Fsp3) is 0.571. The van der Waals surface area contributed by atoms with E-state index in [0.29, 0.717) is 18.3 Å². The minimum absolute atomic E-state index is 0.238. The van der Waals surface area contributed by atoms with Crippen LogP contribution >= 0.6 is 0 Å². The van der Waals surface area contributed by atoms with Gasteiger partial charge in [0.15, 0.2) is 0 Å². The highest BCUT2D eigenvalue weighted by molar-refractivity contribution is 5.91. The molecule has 0 radical (unpaired) electrons. The van der Waals surface area contributed by atoms with Crippen molar-refractivity contribution in [2.24, 2.45) is 0 Å². The van der Waals surface area contributed by atoms with Gasteiger partial charge in [-0.15, -0.1) is 0 Å². The van der Waals surface area contributed by atoms with Crippen LogP contribution < -0.4 is 11.1 Å². The molecule has 0 bridgehead atoms. The van der Waals surface area contributed by atoms with Crippen molar-refractivity contribution in [3.05, 3.63) is 35.5 Å². The number of nitrogens with one attached hydrogen (secondary N) is 1. The van der Waals surface area contributed by atoms with Crippen molar-refractivity contribution in [1.29, 1.82) is 0 Å². The van der Waals surface area contributed by atoms with Gasteiger partial charge in [-0.2, -0.15) is 0 Å². The molecule has 2 aliphatic rings. The van der Waals surface area contributed by atoms with Crippen LogP contribution in [0.4, 0.5) is 11.4 Å². The number of ether oxygens (including phenoxy) is 1. The first-order chi connectivity index (χ1) is 12.7. The van der Waals surface area contributed by atoms with Crippen LogP contribution in [0.2, 0.25) is 0 Å². The normalized spacial score (nSPS) is 20.3. The molecule has 3 N–H and O–H groups in total. The zero-order valence-corrected chi connectivity index (χ0v) is 15.8. The highest BCUT2D eigenvalue weighted by atomic mass is 16.5. The topological polar surface area (TPSA) is 67.6 Å². The molecule has 1 aliphatic carbocycles. The van der Waals surface area contributed by atoms with Crippen molar-refractivity contribution in [2.45, 2.75) is 57.4 Å². The fourth-order valence-corrected chi connectivity index (χ4v) is 4.12. The monoisotopic (exact) mass is 357 g/mol. The molecule has 5 heteroatoms. The number of nitrogens with zero attached hydrogens (tertiary/aromatic N) is 1. The molecule has 5 nitrogen and oxygen atoms in total. The third-order valence-electron chi connectivity index (χ3n) is 5.64. The zero-order valence-electron chi connectivity index (χ0n) is 15.8. The number of hydrogen-bond acceptors (Lipinski definition) is 5. The molecule has 0 saturated heterocycles. The van der Waals surface area contributed by atoms with Crippen molar-refractivity contribution in [1.82, 2.24) is 4.90 Å². The predicted molar refractivity (Wildman–Crippen MR) is 106 cm³/mol. The van der Waals surface area contributed by atoms with Crippen molar-refractivity contribution in [3.63, 3.8) is 0 Å². The molecule has 0 aromatic heterocycles. The third kappa shape index (κ3) is 4.58. The number of nitrogen functional groups attached to an aromatic ring is 1. The Labute approximate surface area is 156 Å². The van der Waals surface area contributed by atoms with Crippen LogP contribution in [-0.2, 0) is 9.53 Å². The Morgan fingerprint density at radius 3 is 2.54 bits per heavy atom. The molecule has 3 rings (SSSR count). The summed E-state index contributed by atoms with van der Waals surface area (Å²) in [6.07, 6.45) is 9.93. The lowest BCUT2D eigenvalue weighted by Crippen LogP contribution is -2.43. The molecule has 1 aromatic carbocycles. The first-order valence-corrected chi connectivity index (χ1v) is 9.85. The quantitative estimate of drug-likeness (QED) is 0.631. The van der Waals surface area contributed by atoms with Gasteiger partial charge in [-0.25, -0.2) is 4.79 Å². The Kier molecular flexibility index (Phi) is 6.56. The van der Waals surface area contributed by atoms with Crippen molar-refractivity contribution in [3.8, 4) is 0 Å². The Morgan fingerprint density at radius 1 is 1.15 bits per heavy atom. The fourth-order valence-electron chi connectivity index (χ4n) is 4.12. The molecular formula is C21H31N3O2. The third-order valence-corrected chi connectivity index (χ3v) is 5.64. The van der Waals surface area contributed by atoms with Crippen LogP contribution in [0.25, 0.3) is 0 Å². The van der Waals surface area contributed by atoms with Gasteiger partial charge in [-0.1, -0.05) is 44.2 Å². The molecule has 26 heavy (non-hydrogen) atoms. The van der Waals surface area contributed by atoms with E-state index in [1.165, 1.54) is 52.1 Å². The molecule has 0 unspecified atom stereocenters. The Balaban J connectivity index is 1.77. The highest BCUT2D eigenvalue weighted by Crippen LogP contribution is 2.29. The molecule has 142 valence electrons. The van der Waals surface area contributed by atoms with Gasteiger partial charge < -0.3 is 15.8 Å². The molecule has 1 heterocycles. The van der Waals surface area contributed by atoms with Crippen LogP contribution in [0.3, 0.4) is 0 Å². The lowest BCUT2D eigenvalue weighted by Gasteiger charge is -2.37. The summed E-state index contributed by atoms with van der Waals surface area (Å²) in [4.78, 5) is 14.9. The number of esters is 1. The summed E-state index contributed by atoms with van der Waals surface area (Å²) >= 11 is 0. The number of anilines is 2. The van der Waals surface area contributed by atoms with E-state index in [4.69, 9.17) is 10.5 Å². The highest BCUT2D eigenvalue weighted by Gasteiger charge is 2.29. The Morgan fingerprint density at radius 2 is 1.85 bits per heavy atom. The van der Waals surface area contributed by atoms with E-state index in [1.54, 1.807) is 0 Å².